The van der Waals surface area contributed by atoms with Gasteiger partial charge in [-0.15, -0.1) is 0 Å². The second-order valence-electron chi connectivity index (χ2n) is 4.08. The molecule has 0 radical (unpaired) electrons. The Balaban J connectivity index is 1.80. The Bertz CT molecular complexity index is 471. The van der Waals surface area contributed by atoms with Gasteiger partial charge in [-0.3, -0.25) is 4.79 Å². The maximum absolute atomic E-state index is 11.6. The molecule has 1 amide bonds. The summed E-state index contributed by atoms with van der Waals surface area (Å²) < 4.78 is 0. The molecule has 0 atom stereocenters. The van der Waals surface area contributed by atoms with Crippen LogP contribution in [0.25, 0.3) is 0 Å². The zero-order valence-corrected chi connectivity index (χ0v) is 9.86. The van der Waals surface area contributed by atoms with Crippen LogP contribution in [0, 0.1) is 6.92 Å². The van der Waals surface area contributed by atoms with E-state index in [9.17, 15) is 4.79 Å². The van der Waals surface area contributed by atoms with Crippen LogP contribution in [0.2, 0.25) is 0 Å². The highest BCUT2D eigenvalue weighted by Gasteiger charge is 2.04. The van der Waals surface area contributed by atoms with E-state index in [1.807, 2.05) is 6.07 Å². The number of amides is 1. The molecule has 0 saturated heterocycles. The number of aromatic amines is 1. The third kappa shape index (κ3) is 3.21. The van der Waals surface area contributed by atoms with Crippen LogP contribution < -0.4 is 5.32 Å². The Morgan fingerprint density at radius 3 is 2.65 bits per heavy atom. The summed E-state index contributed by atoms with van der Waals surface area (Å²) in [4.78, 5) is 14.5. The molecule has 17 heavy (non-hydrogen) atoms. The molecule has 1 aromatic carbocycles. The summed E-state index contributed by atoms with van der Waals surface area (Å²) in [6.45, 7) is 2.72. The second kappa shape index (κ2) is 5.34. The fourth-order valence-corrected chi connectivity index (χ4v) is 1.64. The van der Waals surface area contributed by atoms with Crippen molar-refractivity contribution in [2.75, 3.05) is 6.54 Å². The van der Waals surface area contributed by atoms with Gasteiger partial charge in [0.05, 0.1) is 0 Å². The molecule has 0 aliphatic carbocycles. The average Bonchev–Trinajstić information content (AvgIpc) is 2.85. The Morgan fingerprint density at radius 1 is 1.24 bits per heavy atom. The van der Waals surface area contributed by atoms with Crippen LogP contribution in [-0.4, -0.2) is 17.4 Å². The van der Waals surface area contributed by atoms with Crippen molar-refractivity contribution >= 4 is 5.91 Å². The lowest BCUT2D eigenvalue weighted by Crippen LogP contribution is -2.25. The minimum atomic E-state index is -0.0536. The van der Waals surface area contributed by atoms with Crippen molar-refractivity contribution in [1.82, 2.24) is 10.3 Å². The van der Waals surface area contributed by atoms with Gasteiger partial charge in [-0.2, -0.15) is 0 Å². The minimum absolute atomic E-state index is 0.0536. The summed E-state index contributed by atoms with van der Waals surface area (Å²) in [7, 11) is 0. The smallest absolute Gasteiger partial charge is 0.267 e. The molecule has 1 aromatic heterocycles. The van der Waals surface area contributed by atoms with E-state index in [1.54, 1.807) is 12.3 Å². The number of carbonyl (C=O) groups excluding carboxylic acids is 1. The number of rotatable bonds is 4. The van der Waals surface area contributed by atoms with E-state index in [2.05, 4.69) is 41.5 Å². The first-order valence-electron chi connectivity index (χ1n) is 5.73. The number of hydrogen-bond donors (Lipinski definition) is 2. The molecule has 88 valence electrons. The molecule has 0 bridgehead atoms. The summed E-state index contributed by atoms with van der Waals surface area (Å²) in [5.74, 6) is -0.0536. The van der Waals surface area contributed by atoms with Gasteiger partial charge in [0.25, 0.3) is 5.91 Å². The molecule has 0 saturated carbocycles. The van der Waals surface area contributed by atoms with E-state index in [4.69, 9.17) is 0 Å². The van der Waals surface area contributed by atoms with Gasteiger partial charge in [0.2, 0.25) is 0 Å². The Labute approximate surface area is 101 Å². The first-order valence-corrected chi connectivity index (χ1v) is 5.73. The molecule has 1 heterocycles. The van der Waals surface area contributed by atoms with Crippen LogP contribution in [0.5, 0.6) is 0 Å². The van der Waals surface area contributed by atoms with Crippen LogP contribution in [0.3, 0.4) is 0 Å². The molecular weight excluding hydrogens is 212 g/mol. The SMILES string of the molecule is Cc1ccc(CCNC(=O)c2ccc[nH]2)cc1. The van der Waals surface area contributed by atoms with Gasteiger partial charge in [-0.1, -0.05) is 29.8 Å². The van der Waals surface area contributed by atoms with Gasteiger partial charge in [-0.05, 0) is 31.0 Å². The van der Waals surface area contributed by atoms with Crippen LogP contribution in [0.15, 0.2) is 42.6 Å². The minimum Gasteiger partial charge on any atom is -0.357 e. The summed E-state index contributed by atoms with van der Waals surface area (Å²) >= 11 is 0. The van der Waals surface area contributed by atoms with E-state index in [-0.39, 0.29) is 5.91 Å². The van der Waals surface area contributed by atoms with Crippen molar-refractivity contribution in [3.63, 3.8) is 0 Å². The summed E-state index contributed by atoms with van der Waals surface area (Å²) in [5, 5.41) is 2.88. The Hall–Kier alpha value is -2.03. The van der Waals surface area contributed by atoms with Crippen molar-refractivity contribution in [2.24, 2.45) is 0 Å². The summed E-state index contributed by atoms with van der Waals surface area (Å²) in [6.07, 6.45) is 2.60. The molecule has 0 aliphatic heterocycles. The standard InChI is InChI=1S/C14H16N2O/c1-11-4-6-12(7-5-11)8-10-16-14(17)13-3-2-9-15-13/h2-7,9,15H,8,10H2,1H3,(H,16,17). The first kappa shape index (κ1) is 11.5. The number of benzene rings is 1. The van der Waals surface area contributed by atoms with Crippen molar-refractivity contribution in [1.29, 1.82) is 0 Å². The van der Waals surface area contributed by atoms with E-state index in [1.165, 1.54) is 11.1 Å². The quantitative estimate of drug-likeness (QED) is 0.828. The number of aromatic nitrogens is 1. The first-order chi connectivity index (χ1) is 8.25. The third-order valence-corrected chi connectivity index (χ3v) is 2.66. The van der Waals surface area contributed by atoms with Gasteiger partial charge in [0.1, 0.15) is 5.69 Å². The molecule has 2 N–H and O–H groups in total. The molecular formula is C14H16N2O. The predicted molar refractivity (Wildman–Crippen MR) is 68.0 cm³/mol. The highest BCUT2D eigenvalue weighted by Crippen LogP contribution is 2.03. The molecule has 0 unspecified atom stereocenters. The van der Waals surface area contributed by atoms with Crippen LogP contribution >= 0.6 is 0 Å². The second-order valence-corrected chi connectivity index (χ2v) is 4.08. The molecule has 0 spiro atoms. The third-order valence-electron chi connectivity index (χ3n) is 2.66. The van der Waals surface area contributed by atoms with E-state index >= 15 is 0 Å². The average molecular weight is 228 g/mol. The number of nitrogens with one attached hydrogen (secondary N) is 2. The molecule has 3 nitrogen and oxygen atoms in total. The lowest BCUT2D eigenvalue weighted by molar-refractivity contribution is 0.0950. The van der Waals surface area contributed by atoms with Crippen molar-refractivity contribution < 1.29 is 4.79 Å². The van der Waals surface area contributed by atoms with E-state index < -0.39 is 0 Å². The van der Waals surface area contributed by atoms with Gasteiger partial charge >= 0.3 is 0 Å². The maximum atomic E-state index is 11.6. The van der Waals surface area contributed by atoms with Crippen LogP contribution in [-0.2, 0) is 6.42 Å². The molecule has 3 heteroatoms. The zero-order chi connectivity index (χ0) is 12.1. The molecule has 0 fully saturated rings. The normalized spacial score (nSPS) is 10.2. The largest absolute Gasteiger partial charge is 0.357 e. The van der Waals surface area contributed by atoms with Gasteiger partial charge in [-0.25, -0.2) is 0 Å². The van der Waals surface area contributed by atoms with Gasteiger partial charge < -0.3 is 10.3 Å². The van der Waals surface area contributed by atoms with E-state index in [0.29, 0.717) is 12.2 Å². The molecule has 2 aromatic rings. The summed E-state index contributed by atoms with van der Waals surface area (Å²) in [6, 6.07) is 11.9. The summed E-state index contributed by atoms with van der Waals surface area (Å²) in [5.41, 5.74) is 3.10. The number of hydrogen-bond acceptors (Lipinski definition) is 1. The topological polar surface area (TPSA) is 44.9 Å². The fourth-order valence-electron chi connectivity index (χ4n) is 1.64. The zero-order valence-electron chi connectivity index (χ0n) is 9.86. The Kier molecular flexibility index (Phi) is 3.60. The van der Waals surface area contributed by atoms with E-state index in [0.717, 1.165) is 6.42 Å². The molecule has 2 rings (SSSR count). The molecule has 0 aliphatic rings. The van der Waals surface area contributed by atoms with Crippen molar-refractivity contribution in [2.45, 2.75) is 13.3 Å². The van der Waals surface area contributed by atoms with Gasteiger partial charge in [0.15, 0.2) is 0 Å². The lowest BCUT2D eigenvalue weighted by Gasteiger charge is -2.04. The predicted octanol–water partition coefficient (Wildman–Crippen LogP) is 2.30. The van der Waals surface area contributed by atoms with Crippen LogP contribution in [0.1, 0.15) is 21.6 Å². The highest BCUT2D eigenvalue weighted by molar-refractivity contribution is 5.92. The van der Waals surface area contributed by atoms with Gasteiger partial charge in [0, 0.05) is 12.7 Å². The number of aryl methyl sites for hydroxylation is 1. The van der Waals surface area contributed by atoms with Crippen LogP contribution in [0.4, 0.5) is 0 Å². The number of carbonyl (C=O) groups is 1. The maximum Gasteiger partial charge on any atom is 0.267 e. The highest BCUT2D eigenvalue weighted by atomic mass is 16.1. The Morgan fingerprint density at radius 2 is 2.00 bits per heavy atom. The fraction of sp³-hybridized carbons (Fsp3) is 0.214. The van der Waals surface area contributed by atoms with Crippen molar-refractivity contribution in [3.05, 3.63) is 59.4 Å². The monoisotopic (exact) mass is 228 g/mol. The lowest BCUT2D eigenvalue weighted by atomic mass is 10.1. The van der Waals surface area contributed by atoms with Crippen molar-refractivity contribution in [3.8, 4) is 0 Å². The number of H-pyrrole nitrogens is 1.